The summed E-state index contributed by atoms with van der Waals surface area (Å²) < 4.78 is 19.3. The van der Waals surface area contributed by atoms with Gasteiger partial charge in [0.25, 0.3) is 0 Å². The monoisotopic (exact) mass is 303 g/mol. The van der Waals surface area contributed by atoms with E-state index in [1.54, 1.807) is 23.5 Å². The van der Waals surface area contributed by atoms with E-state index in [1.807, 2.05) is 14.0 Å². The number of fused-ring (bicyclic) bond motifs is 1. The lowest BCUT2D eigenvalue weighted by molar-refractivity contribution is 0.430. The molecule has 0 aliphatic carbocycles. The molecule has 1 unspecified atom stereocenters. The van der Waals surface area contributed by atoms with Crippen molar-refractivity contribution in [2.24, 2.45) is 0 Å². The summed E-state index contributed by atoms with van der Waals surface area (Å²) in [4.78, 5) is 0. The van der Waals surface area contributed by atoms with Gasteiger partial charge in [-0.05, 0) is 67.4 Å². The molecule has 2 aromatic heterocycles. The number of furan rings is 1. The summed E-state index contributed by atoms with van der Waals surface area (Å²) in [5.41, 5.74) is 3.12. The molecule has 0 amide bonds. The van der Waals surface area contributed by atoms with Gasteiger partial charge in [-0.1, -0.05) is 0 Å². The van der Waals surface area contributed by atoms with Crippen molar-refractivity contribution in [3.05, 3.63) is 57.7 Å². The van der Waals surface area contributed by atoms with Crippen molar-refractivity contribution in [3.63, 3.8) is 0 Å². The predicted octanol–water partition coefficient (Wildman–Crippen LogP) is 4.84. The maximum absolute atomic E-state index is 13.4. The molecule has 1 N–H and O–H groups in total. The first-order valence-electron chi connectivity index (χ1n) is 7.06. The zero-order valence-corrected chi connectivity index (χ0v) is 13.0. The van der Waals surface area contributed by atoms with E-state index >= 15 is 0 Å². The van der Waals surface area contributed by atoms with Crippen molar-refractivity contribution in [1.82, 2.24) is 5.32 Å². The Morgan fingerprint density at radius 3 is 2.90 bits per heavy atom. The van der Waals surface area contributed by atoms with Crippen LogP contribution in [0.4, 0.5) is 4.39 Å². The number of halogens is 1. The van der Waals surface area contributed by atoms with Crippen molar-refractivity contribution >= 4 is 22.3 Å². The molecular formula is C17H18FNOS. The van der Waals surface area contributed by atoms with E-state index in [2.05, 4.69) is 22.1 Å². The summed E-state index contributed by atoms with van der Waals surface area (Å²) in [6.07, 6.45) is 1.95. The zero-order valence-electron chi connectivity index (χ0n) is 12.2. The van der Waals surface area contributed by atoms with Crippen LogP contribution in [0.2, 0.25) is 0 Å². The van der Waals surface area contributed by atoms with Crippen LogP contribution < -0.4 is 5.32 Å². The van der Waals surface area contributed by atoms with E-state index in [0.717, 1.165) is 35.1 Å². The Morgan fingerprint density at radius 2 is 2.19 bits per heavy atom. The number of nitrogens with one attached hydrogen (secondary N) is 1. The third-order valence-corrected chi connectivity index (χ3v) is 4.63. The molecule has 3 rings (SSSR count). The number of hydrogen-bond acceptors (Lipinski definition) is 3. The van der Waals surface area contributed by atoms with E-state index in [1.165, 1.54) is 11.6 Å². The summed E-state index contributed by atoms with van der Waals surface area (Å²) in [5.74, 6) is 0.686. The van der Waals surface area contributed by atoms with Gasteiger partial charge >= 0.3 is 0 Å². The molecule has 0 radical (unpaired) electrons. The molecule has 0 fully saturated rings. The van der Waals surface area contributed by atoms with Gasteiger partial charge in [-0.25, -0.2) is 4.39 Å². The van der Waals surface area contributed by atoms with Gasteiger partial charge in [-0.3, -0.25) is 0 Å². The third kappa shape index (κ3) is 2.87. The smallest absolute Gasteiger partial charge is 0.134 e. The minimum absolute atomic E-state index is 0.139. The molecule has 0 saturated heterocycles. The van der Waals surface area contributed by atoms with Crippen molar-refractivity contribution in [3.8, 4) is 0 Å². The van der Waals surface area contributed by atoms with E-state index < -0.39 is 0 Å². The van der Waals surface area contributed by atoms with Crippen LogP contribution >= 0.6 is 11.3 Å². The summed E-state index contributed by atoms with van der Waals surface area (Å²) >= 11 is 1.72. The normalized spacial score (nSPS) is 12.9. The van der Waals surface area contributed by atoms with Crippen LogP contribution in [-0.4, -0.2) is 7.05 Å². The molecule has 1 aromatic carbocycles. The minimum atomic E-state index is -0.225. The predicted molar refractivity (Wildman–Crippen MR) is 85.3 cm³/mol. The number of hydrogen-bond donors (Lipinski definition) is 1. The lowest BCUT2D eigenvalue weighted by atomic mass is 10.0. The quantitative estimate of drug-likeness (QED) is 0.730. The molecule has 0 bridgehead atoms. The Labute approximate surface area is 127 Å². The molecule has 0 aliphatic heterocycles. The Morgan fingerprint density at radius 1 is 1.33 bits per heavy atom. The second-order valence-electron chi connectivity index (χ2n) is 5.24. The standard InChI is InChI=1S/C17H18FNOS/c1-11-14-9-13(18)4-6-16(14)20-17(11)15(19-2)5-3-12-7-8-21-10-12/h4,6-10,15,19H,3,5H2,1-2H3. The van der Waals surface area contributed by atoms with E-state index in [0.29, 0.717) is 0 Å². The second-order valence-corrected chi connectivity index (χ2v) is 6.02. The number of rotatable bonds is 5. The average molecular weight is 303 g/mol. The lowest BCUT2D eigenvalue weighted by Crippen LogP contribution is -2.17. The molecule has 3 aromatic rings. The van der Waals surface area contributed by atoms with Crippen LogP contribution in [0.3, 0.4) is 0 Å². The molecule has 21 heavy (non-hydrogen) atoms. The highest BCUT2D eigenvalue weighted by Gasteiger charge is 2.19. The van der Waals surface area contributed by atoms with Crippen LogP contribution in [0.25, 0.3) is 11.0 Å². The van der Waals surface area contributed by atoms with Gasteiger partial charge in [0.15, 0.2) is 0 Å². The van der Waals surface area contributed by atoms with Crippen LogP contribution in [-0.2, 0) is 6.42 Å². The molecule has 0 spiro atoms. The van der Waals surface area contributed by atoms with Gasteiger partial charge < -0.3 is 9.73 Å². The van der Waals surface area contributed by atoms with Crippen LogP contribution in [0.5, 0.6) is 0 Å². The van der Waals surface area contributed by atoms with Gasteiger partial charge in [0.1, 0.15) is 17.2 Å². The van der Waals surface area contributed by atoms with Gasteiger partial charge in [0.2, 0.25) is 0 Å². The highest BCUT2D eigenvalue weighted by atomic mass is 32.1. The van der Waals surface area contributed by atoms with Crippen molar-refractivity contribution in [1.29, 1.82) is 0 Å². The SMILES string of the molecule is CNC(CCc1ccsc1)c1oc2ccc(F)cc2c1C. The first-order chi connectivity index (χ1) is 10.2. The molecule has 1 atom stereocenters. The Bertz CT molecular complexity index is 733. The fourth-order valence-electron chi connectivity index (χ4n) is 2.70. The highest BCUT2D eigenvalue weighted by molar-refractivity contribution is 7.07. The first-order valence-corrected chi connectivity index (χ1v) is 8.00. The van der Waals surface area contributed by atoms with Gasteiger partial charge in [-0.2, -0.15) is 11.3 Å². The van der Waals surface area contributed by atoms with Crippen molar-refractivity contribution in [2.75, 3.05) is 7.05 Å². The van der Waals surface area contributed by atoms with Crippen molar-refractivity contribution in [2.45, 2.75) is 25.8 Å². The summed E-state index contributed by atoms with van der Waals surface area (Å²) in [5, 5.41) is 8.45. The van der Waals surface area contributed by atoms with Gasteiger partial charge in [-0.15, -0.1) is 0 Å². The Kier molecular flexibility index (Phi) is 4.08. The minimum Gasteiger partial charge on any atom is -0.459 e. The fourth-order valence-corrected chi connectivity index (χ4v) is 3.40. The largest absolute Gasteiger partial charge is 0.459 e. The fraction of sp³-hybridized carbons (Fsp3) is 0.294. The molecule has 110 valence electrons. The van der Waals surface area contributed by atoms with Gasteiger partial charge in [0, 0.05) is 10.9 Å². The third-order valence-electron chi connectivity index (χ3n) is 3.90. The first kappa shape index (κ1) is 14.3. The van der Waals surface area contributed by atoms with Crippen LogP contribution in [0, 0.1) is 12.7 Å². The van der Waals surface area contributed by atoms with Gasteiger partial charge in [0.05, 0.1) is 6.04 Å². The molecular weight excluding hydrogens is 285 g/mol. The topological polar surface area (TPSA) is 25.2 Å². The number of aryl methyl sites for hydroxylation is 2. The molecule has 2 nitrogen and oxygen atoms in total. The summed E-state index contributed by atoms with van der Waals surface area (Å²) in [6, 6.07) is 6.98. The summed E-state index contributed by atoms with van der Waals surface area (Å²) in [7, 11) is 1.94. The van der Waals surface area contributed by atoms with Crippen LogP contribution in [0.15, 0.2) is 39.4 Å². The zero-order chi connectivity index (χ0) is 14.8. The maximum atomic E-state index is 13.4. The Balaban J connectivity index is 1.87. The number of benzene rings is 1. The molecule has 4 heteroatoms. The van der Waals surface area contributed by atoms with E-state index in [9.17, 15) is 4.39 Å². The number of thiophene rings is 1. The molecule has 0 saturated carbocycles. The van der Waals surface area contributed by atoms with E-state index in [-0.39, 0.29) is 11.9 Å². The molecule has 2 heterocycles. The Hall–Kier alpha value is -1.65. The maximum Gasteiger partial charge on any atom is 0.134 e. The van der Waals surface area contributed by atoms with Crippen molar-refractivity contribution < 1.29 is 8.81 Å². The summed E-state index contributed by atoms with van der Waals surface area (Å²) in [6.45, 7) is 2.00. The second kappa shape index (κ2) is 6.00. The van der Waals surface area contributed by atoms with Crippen LogP contribution in [0.1, 0.15) is 29.3 Å². The molecule has 0 aliphatic rings. The average Bonchev–Trinajstić information content (AvgIpc) is 3.10. The highest BCUT2D eigenvalue weighted by Crippen LogP contribution is 2.32. The van der Waals surface area contributed by atoms with E-state index in [4.69, 9.17) is 4.42 Å². The lowest BCUT2D eigenvalue weighted by Gasteiger charge is -2.14.